The van der Waals surface area contributed by atoms with Crippen molar-refractivity contribution >= 4 is 6.16 Å². The topological polar surface area (TPSA) is 46.5 Å². The van der Waals surface area contributed by atoms with Crippen molar-refractivity contribution < 1.29 is 14.6 Å². The van der Waals surface area contributed by atoms with Crippen LogP contribution in [0.2, 0.25) is 0 Å². The molecule has 0 aromatic heterocycles. The molecule has 0 atom stereocenters. The van der Waals surface area contributed by atoms with Crippen LogP contribution in [0.1, 0.15) is 11.1 Å². The molecule has 3 heteroatoms. The fourth-order valence-electron chi connectivity index (χ4n) is 1.14. The summed E-state index contributed by atoms with van der Waals surface area (Å²) >= 11 is 0. The molecular weight excluding hydrogens is 168 g/mol. The van der Waals surface area contributed by atoms with Gasteiger partial charge in [-0.2, -0.15) is 0 Å². The molecule has 1 aromatic rings. The van der Waals surface area contributed by atoms with Gasteiger partial charge in [0, 0.05) is 6.42 Å². The molecule has 0 aliphatic carbocycles. The largest absolute Gasteiger partial charge is 0.505 e. The van der Waals surface area contributed by atoms with Gasteiger partial charge in [0.1, 0.15) is 0 Å². The Morgan fingerprint density at radius 3 is 2.77 bits per heavy atom. The van der Waals surface area contributed by atoms with Gasteiger partial charge in [-0.1, -0.05) is 24.3 Å². The summed E-state index contributed by atoms with van der Waals surface area (Å²) in [5, 5.41) is 8.24. The van der Waals surface area contributed by atoms with Crippen molar-refractivity contribution in [1.82, 2.24) is 0 Å². The van der Waals surface area contributed by atoms with Gasteiger partial charge in [-0.05, 0) is 18.1 Å². The molecule has 1 rings (SSSR count). The van der Waals surface area contributed by atoms with Crippen LogP contribution in [0.25, 0.3) is 0 Å². The van der Waals surface area contributed by atoms with Gasteiger partial charge in [-0.25, -0.2) is 4.79 Å². The van der Waals surface area contributed by atoms with Gasteiger partial charge in [0.05, 0.1) is 6.61 Å². The molecule has 0 spiro atoms. The predicted molar refractivity (Wildman–Crippen MR) is 48.9 cm³/mol. The Kier molecular flexibility index (Phi) is 3.31. The molecule has 1 aromatic carbocycles. The summed E-state index contributed by atoms with van der Waals surface area (Å²) in [6.45, 7) is 2.22. The molecule has 0 heterocycles. The first-order chi connectivity index (χ1) is 6.20. The normalized spacial score (nSPS) is 9.62. The molecule has 0 aliphatic rings. The Bertz CT molecular complexity index is 294. The van der Waals surface area contributed by atoms with E-state index >= 15 is 0 Å². The standard InChI is InChI=1S/C10H12O3/c1-8-4-2-3-5-9(8)6-7-13-10(11)12/h2-5H,6-7H2,1H3,(H,11,12). The molecule has 13 heavy (non-hydrogen) atoms. The van der Waals surface area contributed by atoms with E-state index < -0.39 is 6.16 Å². The molecule has 0 unspecified atom stereocenters. The lowest BCUT2D eigenvalue weighted by atomic mass is 10.1. The molecule has 0 saturated carbocycles. The minimum Gasteiger partial charge on any atom is -0.450 e. The zero-order valence-electron chi connectivity index (χ0n) is 7.49. The van der Waals surface area contributed by atoms with E-state index in [-0.39, 0.29) is 6.61 Å². The van der Waals surface area contributed by atoms with Crippen LogP contribution >= 0.6 is 0 Å². The van der Waals surface area contributed by atoms with Gasteiger partial charge in [0.2, 0.25) is 0 Å². The summed E-state index contributed by atoms with van der Waals surface area (Å²) in [5.74, 6) is 0. The number of carboxylic acid groups (broad SMARTS) is 1. The Morgan fingerprint density at radius 2 is 2.15 bits per heavy atom. The van der Waals surface area contributed by atoms with Crippen molar-refractivity contribution in [2.45, 2.75) is 13.3 Å². The number of hydrogen-bond acceptors (Lipinski definition) is 2. The second kappa shape index (κ2) is 4.50. The van der Waals surface area contributed by atoms with Gasteiger partial charge in [0.15, 0.2) is 0 Å². The summed E-state index contributed by atoms with van der Waals surface area (Å²) in [5.41, 5.74) is 2.29. The molecule has 0 bridgehead atoms. The highest BCUT2D eigenvalue weighted by Gasteiger charge is 1.99. The maximum absolute atomic E-state index is 10.1. The van der Waals surface area contributed by atoms with E-state index in [0.29, 0.717) is 6.42 Å². The molecule has 3 nitrogen and oxygen atoms in total. The molecule has 0 amide bonds. The number of hydrogen-bond donors (Lipinski definition) is 1. The van der Waals surface area contributed by atoms with Crippen molar-refractivity contribution in [2.75, 3.05) is 6.61 Å². The summed E-state index contributed by atoms with van der Waals surface area (Å²) < 4.78 is 4.42. The van der Waals surface area contributed by atoms with Crippen molar-refractivity contribution in [3.63, 3.8) is 0 Å². The van der Waals surface area contributed by atoms with Gasteiger partial charge in [-0.3, -0.25) is 0 Å². The van der Waals surface area contributed by atoms with Crippen LogP contribution in [-0.4, -0.2) is 17.9 Å². The Balaban J connectivity index is 2.45. The third kappa shape index (κ3) is 3.15. The quantitative estimate of drug-likeness (QED) is 0.725. The summed E-state index contributed by atoms with van der Waals surface area (Å²) in [6, 6.07) is 7.86. The third-order valence-corrected chi connectivity index (χ3v) is 1.86. The molecule has 70 valence electrons. The highest BCUT2D eigenvalue weighted by atomic mass is 16.7. The average molecular weight is 180 g/mol. The van der Waals surface area contributed by atoms with Crippen LogP contribution < -0.4 is 0 Å². The highest BCUT2D eigenvalue weighted by molar-refractivity contribution is 5.56. The molecule has 1 N–H and O–H groups in total. The second-order valence-electron chi connectivity index (χ2n) is 2.79. The Hall–Kier alpha value is -1.51. The molecule has 0 radical (unpaired) electrons. The first-order valence-corrected chi connectivity index (χ1v) is 4.10. The number of rotatable bonds is 3. The number of benzene rings is 1. The van der Waals surface area contributed by atoms with Crippen LogP contribution in [0, 0.1) is 6.92 Å². The Labute approximate surface area is 77.0 Å². The first kappa shape index (κ1) is 9.58. The molecular formula is C10H12O3. The van der Waals surface area contributed by atoms with Crippen molar-refractivity contribution in [3.8, 4) is 0 Å². The molecule has 0 fully saturated rings. The third-order valence-electron chi connectivity index (χ3n) is 1.86. The lowest BCUT2D eigenvalue weighted by Gasteiger charge is -2.04. The van der Waals surface area contributed by atoms with E-state index in [1.165, 1.54) is 0 Å². The van der Waals surface area contributed by atoms with E-state index in [2.05, 4.69) is 4.74 Å². The van der Waals surface area contributed by atoms with E-state index in [1.807, 2.05) is 31.2 Å². The maximum atomic E-state index is 10.1. The number of aryl methyl sites for hydroxylation is 1. The minimum absolute atomic E-state index is 0.222. The highest BCUT2D eigenvalue weighted by Crippen LogP contribution is 2.07. The summed E-state index contributed by atoms with van der Waals surface area (Å²) in [6.07, 6.45) is -0.576. The van der Waals surface area contributed by atoms with Gasteiger partial charge < -0.3 is 9.84 Å². The van der Waals surface area contributed by atoms with E-state index in [9.17, 15) is 4.79 Å². The van der Waals surface area contributed by atoms with E-state index in [4.69, 9.17) is 5.11 Å². The van der Waals surface area contributed by atoms with Crippen molar-refractivity contribution in [2.24, 2.45) is 0 Å². The Morgan fingerprint density at radius 1 is 1.46 bits per heavy atom. The lowest BCUT2D eigenvalue weighted by Crippen LogP contribution is -2.04. The summed E-state index contributed by atoms with van der Waals surface area (Å²) in [4.78, 5) is 10.1. The number of carbonyl (C=O) groups is 1. The SMILES string of the molecule is Cc1ccccc1CCOC(=O)O. The van der Waals surface area contributed by atoms with Crippen LogP contribution in [0.5, 0.6) is 0 Å². The monoisotopic (exact) mass is 180 g/mol. The lowest BCUT2D eigenvalue weighted by molar-refractivity contribution is 0.0927. The average Bonchev–Trinajstić information content (AvgIpc) is 2.08. The predicted octanol–water partition coefficient (Wildman–Crippen LogP) is 2.23. The van der Waals surface area contributed by atoms with E-state index in [1.54, 1.807) is 0 Å². The van der Waals surface area contributed by atoms with Crippen LogP contribution in [0.4, 0.5) is 4.79 Å². The minimum atomic E-state index is -1.21. The smallest absolute Gasteiger partial charge is 0.450 e. The number of ether oxygens (including phenoxy) is 1. The van der Waals surface area contributed by atoms with Crippen molar-refractivity contribution in [1.29, 1.82) is 0 Å². The van der Waals surface area contributed by atoms with Crippen LogP contribution in [-0.2, 0) is 11.2 Å². The van der Waals surface area contributed by atoms with Crippen LogP contribution in [0.3, 0.4) is 0 Å². The second-order valence-corrected chi connectivity index (χ2v) is 2.79. The zero-order chi connectivity index (χ0) is 9.68. The molecule has 0 aliphatic heterocycles. The van der Waals surface area contributed by atoms with Gasteiger partial charge >= 0.3 is 6.16 Å². The van der Waals surface area contributed by atoms with Gasteiger partial charge in [-0.15, -0.1) is 0 Å². The fourth-order valence-corrected chi connectivity index (χ4v) is 1.14. The molecule has 0 saturated heterocycles. The van der Waals surface area contributed by atoms with Crippen molar-refractivity contribution in [3.05, 3.63) is 35.4 Å². The first-order valence-electron chi connectivity index (χ1n) is 4.10. The maximum Gasteiger partial charge on any atom is 0.505 e. The summed E-state index contributed by atoms with van der Waals surface area (Å²) in [7, 11) is 0. The van der Waals surface area contributed by atoms with E-state index in [0.717, 1.165) is 11.1 Å². The zero-order valence-corrected chi connectivity index (χ0v) is 7.49. The van der Waals surface area contributed by atoms with Gasteiger partial charge in [0.25, 0.3) is 0 Å². The fraction of sp³-hybridized carbons (Fsp3) is 0.300. The van der Waals surface area contributed by atoms with Crippen LogP contribution in [0.15, 0.2) is 24.3 Å².